The number of unbranched alkanes of at least 4 members (excludes halogenated alkanes) is 1. The summed E-state index contributed by atoms with van der Waals surface area (Å²) in [6.45, 7) is 2.15. The zero-order valence-electron chi connectivity index (χ0n) is 16.8. The van der Waals surface area contributed by atoms with E-state index >= 15 is 0 Å². The normalized spacial score (nSPS) is 12.6. The monoisotopic (exact) mass is 445 g/mol. The number of hydrogen-bond acceptors (Lipinski definition) is 2. The lowest BCUT2D eigenvalue weighted by molar-refractivity contribution is 0.554. The molecule has 3 aromatic carbocycles. The van der Waals surface area contributed by atoms with Crippen molar-refractivity contribution in [1.29, 1.82) is 0 Å². The van der Waals surface area contributed by atoms with Gasteiger partial charge in [0.2, 0.25) is 10.0 Å². The van der Waals surface area contributed by atoms with Crippen LogP contribution < -0.4 is 4.72 Å². The highest BCUT2D eigenvalue weighted by Gasteiger charge is 2.22. The molecule has 30 heavy (non-hydrogen) atoms. The predicted molar refractivity (Wildman–Crippen MR) is 120 cm³/mol. The first kappa shape index (κ1) is 22.5. The van der Waals surface area contributed by atoms with Gasteiger partial charge < -0.3 is 0 Å². The average Bonchev–Trinajstić information content (AvgIpc) is 2.74. The van der Waals surface area contributed by atoms with Crippen LogP contribution in [0.25, 0.3) is 0 Å². The Hall–Kier alpha value is -2.21. The lowest BCUT2D eigenvalue weighted by Crippen LogP contribution is -2.30. The van der Waals surface area contributed by atoms with Crippen molar-refractivity contribution < 1.29 is 12.8 Å². The summed E-state index contributed by atoms with van der Waals surface area (Å²) in [6.07, 6.45) is 3.70. The van der Waals surface area contributed by atoms with E-state index in [9.17, 15) is 12.8 Å². The average molecular weight is 446 g/mol. The molecule has 0 spiro atoms. The summed E-state index contributed by atoms with van der Waals surface area (Å²) in [7, 11) is -3.82. The third-order valence-corrected chi connectivity index (χ3v) is 6.72. The smallest absolute Gasteiger partial charge is 0.207 e. The number of hydrogen-bond donors (Lipinski definition) is 1. The first-order chi connectivity index (χ1) is 14.4. The summed E-state index contributed by atoms with van der Waals surface area (Å²) in [5, 5.41) is 0.627. The van der Waals surface area contributed by atoms with Crippen molar-refractivity contribution in [1.82, 2.24) is 4.72 Å². The predicted octanol–water partition coefficient (Wildman–Crippen LogP) is 6.08. The highest BCUT2D eigenvalue weighted by atomic mass is 35.5. The summed E-state index contributed by atoms with van der Waals surface area (Å²) in [4.78, 5) is 0.0320. The van der Waals surface area contributed by atoms with Gasteiger partial charge in [-0.3, -0.25) is 0 Å². The Kier molecular flexibility index (Phi) is 7.64. The standard InChI is InChI=1S/C24H25ClFNO2S/c1-2-3-4-18-5-9-20(10-6-18)24(17-19-7-11-21(25)12-8-19)27-30(28,29)23-15-13-22(26)14-16-23/h5-16,24,27H,2-4,17H2,1H3. The second-order valence-electron chi connectivity index (χ2n) is 7.30. The maximum Gasteiger partial charge on any atom is 0.241 e. The third kappa shape index (κ3) is 6.14. The highest BCUT2D eigenvalue weighted by Crippen LogP contribution is 2.24. The second kappa shape index (κ2) is 10.2. The van der Waals surface area contributed by atoms with E-state index in [2.05, 4.69) is 11.6 Å². The minimum Gasteiger partial charge on any atom is -0.207 e. The molecular weight excluding hydrogens is 421 g/mol. The fraction of sp³-hybridized carbons (Fsp3) is 0.250. The van der Waals surface area contributed by atoms with Crippen LogP contribution in [0, 0.1) is 5.82 Å². The van der Waals surface area contributed by atoms with E-state index in [-0.39, 0.29) is 4.90 Å². The van der Waals surface area contributed by atoms with Crippen LogP contribution >= 0.6 is 11.6 Å². The first-order valence-corrected chi connectivity index (χ1v) is 11.8. The molecule has 3 rings (SSSR count). The molecule has 0 amide bonds. The van der Waals surface area contributed by atoms with Crippen molar-refractivity contribution in [3.63, 3.8) is 0 Å². The Morgan fingerprint density at radius 3 is 2.10 bits per heavy atom. The van der Waals surface area contributed by atoms with Crippen LogP contribution in [0.15, 0.2) is 77.7 Å². The molecule has 0 aromatic heterocycles. The van der Waals surface area contributed by atoms with Crippen molar-refractivity contribution >= 4 is 21.6 Å². The molecule has 0 bridgehead atoms. The van der Waals surface area contributed by atoms with Gasteiger partial charge >= 0.3 is 0 Å². The molecule has 158 valence electrons. The van der Waals surface area contributed by atoms with Gasteiger partial charge in [0.15, 0.2) is 0 Å². The molecule has 3 aromatic rings. The molecular formula is C24H25ClFNO2S. The Labute approximate surface area is 183 Å². The van der Waals surface area contributed by atoms with E-state index in [1.807, 2.05) is 36.4 Å². The van der Waals surface area contributed by atoms with Gasteiger partial charge in [-0.25, -0.2) is 17.5 Å². The molecule has 0 aliphatic heterocycles. The van der Waals surface area contributed by atoms with Gasteiger partial charge in [0.05, 0.1) is 10.9 Å². The third-order valence-electron chi connectivity index (χ3n) is 4.98. The van der Waals surface area contributed by atoms with Crippen molar-refractivity contribution in [2.45, 2.75) is 43.5 Å². The number of rotatable bonds is 9. The number of sulfonamides is 1. The van der Waals surface area contributed by atoms with Gasteiger partial charge in [-0.1, -0.05) is 61.3 Å². The highest BCUT2D eigenvalue weighted by molar-refractivity contribution is 7.89. The summed E-state index contributed by atoms with van der Waals surface area (Å²) in [5.74, 6) is -0.477. The minimum absolute atomic E-state index is 0.0320. The number of aryl methyl sites for hydroxylation is 1. The molecule has 0 fully saturated rings. The molecule has 0 saturated carbocycles. The van der Waals surface area contributed by atoms with E-state index in [4.69, 9.17) is 11.6 Å². The molecule has 3 nitrogen and oxygen atoms in total. The van der Waals surface area contributed by atoms with E-state index in [0.29, 0.717) is 11.4 Å². The van der Waals surface area contributed by atoms with Crippen molar-refractivity contribution in [3.8, 4) is 0 Å². The Morgan fingerprint density at radius 2 is 1.50 bits per heavy atom. The fourth-order valence-electron chi connectivity index (χ4n) is 3.25. The molecule has 0 aliphatic carbocycles. The molecule has 1 N–H and O–H groups in total. The van der Waals surface area contributed by atoms with Gasteiger partial charge in [-0.2, -0.15) is 0 Å². The number of benzene rings is 3. The minimum atomic E-state index is -3.82. The lowest BCUT2D eigenvalue weighted by Gasteiger charge is -2.20. The van der Waals surface area contributed by atoms with Gasteiger partial charge in [0.1, 0.15) is 5.82 Å². The van der Waals surface area contributed by atoms with Crippen LogP contribution in [0.4, 0.5) is 4.39 Å². The van der Waals surface area contributed by atoms with Crippen LogP contribution in [-0.4, -0.2) is 8.42 Å². The summed E-state index contributed by atoms with van der Waals surface area (Å²) in [5.41, 5.74) is 3.06. The second-order valence-corrected chi connectivity index (χ2v) is 9.45. The number of halogens is 2. The van der Waals surface area contributed by atoms with Crippen LogP contribution in [0.2, 0.25) is 5.02 Å². The number of nitrogens with one attached hydrogen (secondary N) is 1. The molecule has 6 heteroatoms. The maximum atomic E-state index is 13.2. The molecule has 0 heterocycles. The van der Waals surface area contributed by atoms with Crippen LogP contribution in [0.1, 0.15) is 42.5 Å². The van der Waals surface area contributed by atoms with Gasteiger partial charge in [-0.15, -0.1) is 0 Å². The van der Waals surface area contributed by atoms with E-state index in [1.54, 1.807) is 12.1 Å². The quantitative estimate of drug-likeness (QED) is 0.433. The molecule has 0 aliphatic rings. The molecule has 1 unspecified atom stereocenters. The topological polar surface area (TPSA) is 46.2 Å². The van der Waals surface area contributed by atoms with Crippen LogP contribution in [-0.2, 0) is 22.9 Å². The zero-order chi connectivity index (χ0) is 21.6. The first-order valence-electron chi connectivity index (χ1n) is 9.98. The Balaban J connectivity index is 1.88. The Morgan fingerprint density at radius 1 is 0.900 bits per heavy atom. The summed E-state index contributed by atoms with van der Waals surface area (Å²) >= 11 is 5.98. The van der Waals surface area contributed by atoms with Crippen LogP contribution in [0.5, 0.6) is 0 Å². The SMILES string of the molecule is CCCCc1ccc(C(Cc2ccc(Cl)cc2)NS(=O)(=O)c2ccc(F)cc2)cc1. The fourth-order valence-corrected chi connectivity index (χ4v) is 4.60. The molecule has 0 radical (unpaired) electrons. The Bertz CT molecular complexity index is 1050. The van der Waals surface area contributed by atoms with Crippen molar-refractivity contribution in [2.75, 3.05) is 0 Å². The lowest BCUT2D eigenvalue weighted by atomic mass is 9.98. The van der Waals surface area contributed by atoms with Crippen LogP contribution in [0.3, 0.4) is 0 Å². The van der Waals surface area contributed by atoms with Crippen molar-refractivity contribution in [2.24, 2.45) is 0 Å². The zero-order valence-corrected chi connectivity index (χ0v) is 18.4. The van der Waals surface area contributed by atoms with Crippen molar-refractivity contribution in [3.05, 3.63) is 100 Å². The summed E-state index contributed by atoms with van der Waals surface area (Å²) in [6, 6.07) is 19.7. The summed E-state index contributed by atoms with van der Waals surface area (Å²) < 4.78 is 41.9. The molecule has 0 saturated heterocycles. The van der Waals surface area contributed by atoms with Gasteiger partial charge in [0, 0.05) is 5.02 Å². The maximum absolute atomic E-state index is 13.2. The molecule has 1 atom stereocenters. The van der Waals surface area contributed by atoms with Gasteiger partial charge in [0.25, 0.3) is 0 Å². The van der Waals surface area contributed by atoms with E-state index in [1.165, 1.54) is 17.7 Å². The van der Waals surface area contributed by atoms with E-state index in [0.717, 1.165) is 42.5 Å². The van der Waals surface area contributed by atoms with E-state index < -0.39 is 21.9 Å². The largest absolute Gasteiger partial charge is 0.241 e. The van der Waals surface area contributed by atoms with Gasteiger partial charge in [-0.05, 0) is 72.4 Å².